The predicted octanol–water partition coefficient (Wildman–Crippen LogP) is 4.14. The average Bonchev–Trinajstić information content (AvgIpc) is 2.70. The van der Waals surface area contributed by atoms with Gasteiger partial charge in [-0.2, -0.15) is 4.31 Å². The number of carbonyl (C=O) groups is 1. The summed E-state index contributed by atoms with van der Waals surface area (Å²) in [6.07, 6.45) is 0. The van der Waals surface area contributed by atoms with E-state index in [0.717, 1.165) is 16.7 Å². The summed E-state index contributed by atoms with van der Waals surface area (Å²) in [5.41, 5.74) is 4.78. The van der Waals surface area contributed by atoms with Crippen LogP contribution in [-0.4, -0.2) is 38.8 Å². The van der Waals surface area contributed by atoms with E-state index in [2.05, 4.69) is 24.4 Å². The van der Waals surface area contributed by atoms with Gasteiger partial charge in [-0.1, -0.05) is 26.0 Å². The Hall–Kier alpha value is -2.38. The molecule has 1 amide bonds. The van der Waals surface area contributed by atoms with Gasteiger partial charge in [0.15, 0.2) is 0 Å². The van der Waals surface area contributed by atoms with Gasteiger partial charge in [0, 0.05) is 18.7 Å². The number of hydrogen-bond acceptors (Lipinski definition) is 4. The SMILES string of the molecule is CCN(CC)S(=O)(=O)c1cc(C(=O)NC(C)c2cc(C)c(C)cc2C)ccc1OC. The van der Waals surface area contributed by atoms with E-state index in [1.54, 1.807) is 19.9 Å². The highest BCUT2D eigenvalue weighted by molar-refractivity contribution is 7.89. The van der Waals surface area contributed by atoms with Crippen LogP contribution in [0.3, 0.4) is 0 Å². The normalized spacial score (nSPS) is 12.7. The number of benzene rings is 2. The molecule has 0 aromatic heterocycles. The number of rotatable bonds is 8. The van der Waals surface area contributed by atoms with E-state index < -0.39 is 10.0 Å². The third-order valence-electron chi connectivity index (χ3n) is 5.45. The van der Waals surface area contributed by atoms with Crippen molar-refractivity contribution in [3.63, 3.8) is 0 Å². The number of nitrogens with zero attached hydrogens (tertiary/aromatic N) is 1. The number of nitrogens with one attached hydrogen (secondary N) is 1. The van der Waals surface area contributed by atoms with Crippen LogP contribution < -0.4 is 10.1 Å². The minimum atomic E-state index is -3.77. The van der Waals surface area contributed by atoms with E-state index in [9.17, 15) is 13.2 Å². The van der Waals surface area contributed by atoms with Gasteiger partial charge >= 0.3 is 0 Å². The molecule has 0 spiro atoms. The number of hydrogen-bond donors (Lipinski definition) is 1. The highest BCUT2D eigenvalue weighted by Gasteiger charge is 2.27. The molecule has 6 nitrogen and oxygen atoms in total. The fourth-order valence-corrected chi connectivity index (χ4v) is 5.17. The summed E-state index contributed by atoms with van der Waals surface area (Å²) in [5.74, 6) is -0.115. The van der Waals surface area contributed by atoms with Crippen LogP contribution in [0, 0.1) is 20.8 Å². The third kappa shape index (κ3) is 4.84. The van der Waals surface area contributed by atoms with Gasteiger partial charge in [-0.15, -0.1) is 0 Å². The molecule has 30 heavy (non-hydrogen) atoms. The maximum Gasteiger partial charge on any atom is 0.251 e. The highest BCUT2D eigenvalue weighted by atomic mass is 32.2. The van der Waals surface area contributed by atoms with Crippen LogP contribution in [0.25, 0.3) is 0 Å². The quantitative estimate of drug-likeness (QED) is 0.680. The number of aryl methyl sites for hydroxylation is 3. The van der Waals surface area contributed by atoms with Gasteiger partial charge in [-0.05, 0) is 68.1 Å². The van der Waals surface area contributed by atoms with Gasteiger partial charge in [-0.25, -0.2) is 8.42 Å². The van der Waals surface area contributed by atoms with E-state index in [1.165, 1.54) is 29.1 Å². The molecule has 0 aliphatic heterocycles. The van der Waals surface area contributed by atoms with Crippen molar-refractivity contribution in [2.24, 2.45) is 0 Å². The largest absolute Gasteiger partial charge is 0.495 e. The highest BCUT2D eigenvalue weighted by Crippen LogP contribution is 2.28. The maximum atomic E-state index is 13.0. The molecule has 1 unspecified atom stereocenters. The van der Waals surface area contributed by atoms with Gasteiger partial charge in [0.2, 0.25) is 10.0 Å². The smallest absolute Gasteiger partial charge is 0.251 e. The molecule has 2 aromatic carbocycles. The Morgan fingerprint density at radius 2 is 1.63 bits per heavy atom. The van der Waals surface area contributed by atoms with Gasteiger partial charge < -0.3 is 10.1 Å². The minimum absolute atomic E-state index is 0.00337. The molecule has 1 N–H and O–H groups in total. The summed E-state index contributed by atoms with van der Waals surface area (Å²) in [6.45, 7) is 12.3. The summed E-state index contributed by atoms with van der Waals surface area (Å²) in [5, 5.41) is 2.99. The first-order chi connectivity index (χ1) is 14.1. The lowest BCUT2D eigenvalue weighted by molar-refractivity contribution is 0.0939. The second kappa shape index (κ2) is 9.62. The molecular weight excluding hydrogens is 400 g/mol. The van der Waals surface area contributed by atoms with Gasteiger partial charge in [0.25, 0.3) is 5.91 Å². The van der Waals surface area contributed by atoms with Crippen molar-refractivity contribution in [1.82, 2.24) is 9.62 Å². The first-order valence-electron chi connectivity index (χ1n) is 10.1. The standard InChI is InChI=1S/C23H32N2O4S/c1-8-25(9-2)30(27,28)22-14-19(10-11-21(22)29-7)23(26)24-18(6)20-13-16(4)15(3)12-17(20)5/h10-14,18H,8-9H2,1-7H3,(H,24,26). The zero-order valence-corrected chi connectivity index (χ0v) is 19.7. The summed E-state index contributed by atoms with van der Waals surface area (Å²) in [4.78, 5) is 12.9. The topological polar surface area (TPSA) is 75.7 Å². The van der Waals surface area contributed by atoms with Crippen molar-refractivity contribution in [2.75, 3.05) is 20.2 Å². The van der Waals surface area contributed by atoms with Crippen molar-refractivity contribution in [3.8, 4) is 5.75 Å². The van der Waals surface area contributed by atoms with E-state index >= 15 is 0 Å². The average molecular weight is 433 g/mol. The van der Waals surface area contributed by atoms with Crippen LogP contribution in [0.4, 0.5) is 0 Å². The van der Waals surface area contributed by atoms with E-state index in [-0.39, 0.29) is 28.2 Å². The van der Waals surface area contributed by atoms with Crippen LogP contribution >= 0.6 is 0 Å². The molecule has 2 rings (SSSR count). The van der Waals surface area contributed by atoms with Crippen molar-refractivity contribution >= 4 is 15.9 Å². The van der Waals surface area contributed by atoms with Crippen LogP contribution in [0.2, 0.25) is 0 Å². The molecule has 164 valence electrons. The molecule has 0 saturated heterocycles. The minimum Gasteiger partial charge on any atom is -0.495 e. The monoisotopic (exact) mass is 432 g/mol. The Morgan fingerprint density at radius 3 is 2.20 bits per heavy atom. The molecule has 0 radical (unpaired) electrons. The molecule has 7 heteroatoms. The molecule has 2 aromatic rings. The zero-order chi connectivity index (χ0) is 22.6. The number of methoxy groups -OCH3 is 1. The number of sulfonamides is 1. The second-order valence-electron chi connectivity index (χ2n) is 7.44. The van der Waals surface area contributed by atoms with Crippen molar-refractivity contribution in [3.05, 3.63) is 58.1 Å². The Bertz CT molecular complexity index is 1030. The molecule has 0 fully saturated rings. The third-order valence-corrected chi connectivity index (χ3v) is 7.52. The van der Waals surface area contributed by atoms with Crippen LogP contribution in [0.1, 0.15) is 59.4 Å². The molecule has 0 saturated carbocycles. The molecule has 1 atom stereocenters. The number of carbonyl (C=O) groups excluding carboxylic acids is 1. The predicted molar refractivity (Wildman–Crippen MR) is 120 cm³/mol. The van der Waals surface area contributed by atoms with E-state index in [1.807, 2.05) is 20.8 Å². The van der Waals surface area contributed by atoms with Crippen LogP contribution in [0.15, 0.2) is 35.2 Å². The molecule has 0 aliphatic carbocycles. The van der Waals surface area contributed by atoms with E-state index in [0.29, 0.717) is 13.1 Å². The lowest BCUT2D eigenvalue weighted by Crippen LogP contribution is -2.31. The van der Waals surface area contributed by atoms with E-state index in [4.69, 9.17) is 4.74 Å². The second-order valence-corrected chi connectivity index (χ2v) is 9.35. The molecule has 0 bridgehead atoms. The Kier molecular flexibility index (Phi) is 7.66. The van der Waals surface area contributed by atoms with Crippen LogP contribution in [0.5, 0.6) is 5.75 Å². The van der Waals surface area contributed by atoms with Gasteiger partial charge in [0.1, 0.15) is 10.6 Å². The Labute approximate surface area is 180 Å². The zero-order valence-electron chi connectivity index (χ0n) is 18.9. The Balaban J connectivity index is 2.38. The summed E-state index contributed by atoms with van der Waals surface area (Å²) in [6, 6.07) is 8.46. The first kappa shape index (κ1) is 23.9. The fourth-order valence-electron chi connectivity index (χ4n) is 3.53. The number of amides is 1. The van der Waals surface area contributed by atoms with Gasteiger partial charge in [-0.3, -0.25) is 4.79 Å². The molecule has 0 aliphatic rings. The maximum absolute atomic E-state index is 13.0. The Morgan fingerprint density at radius 1 is 1.03 bits per heavy atom. The first-order valence-corrected chi connectivity index (χ1v) is 11.6. The summed E-state index contributed by atoms with van der Waals surface area (Å²) in [7, 11) is -2.35. The summed E-state index contributed by atoms with van der Waals surface area (Å²) >= 11 is 0. The molecule has 0 heterocycles. The van der Waals surface area contributed by atoms with Crippen molar-refractivity contribution in [1.29, 1.82) is 0 Å². The van der Waals surface area contributed by atoms with Crippen molar-refractivity contribution < 1.29 is 17.9 Å². The van der Waals surface area contributed by atoms with Gasteiger partial charge in [0.05, 0.1) is 13.2 Å². The fraction of sp³-hybridized carbons (Fsp3) is 0.435. The lowest BCUT2D eigenvalue weighted by atomic mass is 9.96. The molecular formula is C23H32N2O4S. The van der Waals surface area contributed by atoms with Crippen LogP contribution in [-0.2, 0) is 10.0 Å². The summed E-state index contributed by atoms with van der Waals surface area (Å²) < 4.78 is 32.6. The number of ether oxygens (including phenoxy) is 1. The van der Waals surface area contributed by atoms with Crippen molar-refractivity contribution in [2.45, 2.75) is 52.5 Å². The lowest BCUT2D eigenvalue weighted by Gasteiger charge is -2.21.